The van der Waals surface area contributed by atoms with Crippen LogP contribution in [0.4, 0.5) is 0 Å². The molecular weight excluding hydrogens is 439 g/mol. The molecule has 0 aromatic heterocycles. The minimum absolute atomic E-state index is 0.182. The van der Waals surface area contributed by atoms with Crippen molar-refractivity contribution in [1.29, 1.82) is 0 Å². The summed E-state index contributed by atoms with van der Waals surface area (Å²) in [6, 6.07) is 12.9. The number of rotatable bonds is 6. The van der Waals surface area contributed by atoms with Crippen molar-refractivity contribution in [2.45, 2.75) is 38.8 Å². The molecule has 30 heavy (non-hydrogen) atoms. The third kappa shape index (κ3) is 4.36. The van der Waals surface area contributed by atoms with Crippen LogP contribution in [0.1, 0.15) is 44.3 Å². The lowest BCUT2D eigenvalue weighted by Gasteiger charge is -2.34. The van der Waals surface area contributed by atoms with Crippen LogP contribution < -0.4 is 15.9 Å². The minimum Gasteiger partial charge on any atom is -0.298 e. The van der Waals surface area contributed by atoms with Crippen molar-refractivity contribution in [2.24, 2.45) is 10.1 Å². The van der Waals surface area contributed by atoms with Crippen LogP contribution in [0.5, 0.6) is 0 Å². The van der Waals surface area contributed by atoms with E-state index >= 15 is 0 Å². The fraction of sp³-hybridized carbons (Fsp3) is 0.318. The second-order valence-electron chi connectivity index (χ2n) is 7.15. The predicted octanol–water partition coefficient (Wildman–Crippen LogP) is 4.45. The van der Waals surface area contributed by atoms with Gasteiger partial charge in [-0.15, -0.1) is 5.10 Å². The zero-order valence-corrected chi connectivity index (χ0v) is 18.9. The van der Waals surface area contributed by atoms with Crippen molar-refractivity contribution in [1.82, 2.24) is 10.3 Å². The number of hydrazone groups is 1. The summed E-state index contributed by atoms with van der Waals surface area (Å²) in [5.74, 6) is 0.723. The summed E-state index contributed by atoms with van der Waals surface area (Å²) in [4.78, 5) is 17.9. The number of fused-ring (bicyclic) bond motifs is 2. The normalized spacial score (nSPS) is 17.6. The van der Waals surface area contributed by atoms with Gasteiger partial charge < -0.3 is 0 Å². The van der Waals surface area contributed by atoms with Gasteiger partial charge in [0.2, 0.25) is 0 Å². The standard InChI is InChI=1S/C22H22Cl2N4OS/c1-2-3-4-7-12-30-22-26-21(29)19-16-8-5-6-9-18(16)25-20(28(19)27-22)15-11-10-14(23)13-17(15)24/h5-6,8-11,13,20H,2-4,7,12H2,1H3,(H,26,27,29)/t20-/m1/s1. The molecule has 8 heteroatoms. The van der Waals surface area contributed by atoms with Crippen LogP contribution in [0.25, 0.3) is 5.70 Å². The van der Waals surface area contributed by atoms with Crippen molar-refractivity contribution in [3.8, 4) is 0 Å². The number of unbranched alkanes of at least 4 members (excludes halogenated alkanes) is 3. The zero-order valence-electron chi connectivity index (χ0n) is 16.6. The molecule has 0 fully saturated rings. The molecule has 1 N–H and O–H groups in total. The summed E-state index contributed by atoms with van der Waals surface area (Å²) in [6.07, 6.45) is 4.14. The van der Waals surface area contributed by atoms with Crippen LogP contribution in [-0.4, -0.2) is 21.8 Å². The molecule has 0 radical (unpaired) electrons. The average molecular weight is 461 g/mol. The summed E-state index contributed by atoms with van der Waals surface area (Å²) in [6.45, 7) is 2.19. The Labute approximate surface area is 189 Å². The highest BCUT2D eigenvalue weighted by Crippen LogP contribution is 2.35. The molecule has 0 aliphatic carbocycles. The summed E-state index contributed by atoms with van der Waals surface area (Å²) >= 11 is 14.1. The number of benzene rings is 2. The maximum atomic E-state index is 13.1. The minimum atomic E-state index is -0.540. The Morgan fingerprint density at radius 3 is 2.77 bits per heavy atom. The lowest BCUT2D eigenvalue weighted by molar-refractivity contribution is -0.116. The molecular formula is C22H22Cl2N4OS. The Morgan fingerprint density at radius 1 is 1.13 bits per heavy atom. The van der Waals surface area contributed by atoms with Gasteiger partial charge in [0.1, 0.15) is 5.70 Å². The largest absolute Gasteiger partial charge is 0.298 e. The molecule has 1 atom stereocenters. The third-order valence-electron chi connectivity index (χ3n) is 4.99. The van der Waals surface area contributed by atoms with E-state index in [0.717, 1.165) is 28.3 Å². The number of thioether (sulfide) groups is 1. The number of carbonyl (C=O) groups is 1. The molecule has 0 saturated heterocycles. The number of hydrogen-bond donors (Lipinski definition) is 1. The fourth-order valence-corrected chi connectivity index (χ4v) is 4.86. The van der Waals surface area contributed by atoms with Gasteiger partial charge in [-0.3, -0.25) is 15.1 Å². The maximum absolute atomic E-state index is 13.1. The van der Waals surface area contributed by atoms with E-state index in [9.17, 15) is 4.79 Å². The molecule has 1 amide bonds. The van der Waals surface area contributed by atoms with E-state index in [4.69, 9.17) is 33.3 Å². The van der Waals surface area contributed by atoms with E-state index in [1.807, 2.05) is 30.3 Å². The number of carbonyl (C=O) groups excluding carboxylic acids is 1. The Kier molecular flexibility index (Phi) is 6.66. The van der Waals surface area contributed by atoms with Crippen molar-refractivity contribution in [3.63, 3.8) is 0 Å². The maximum Gasteiger partial charge on any atom is 0.276 e. The van der Waals surface area contributed by atoms with Crippen LogP contribution in [0.3, 0.4) is 0 Å². The summed E-state index contributed by atoms with van der Waals surface area (Å²) in [7, 11) is 0. The van der Waals surface area contributed by atoms with Crippen molar-refractivity contribution < 1.29 is 4.79 Å². The number of para-hydroxylation sites is 1. The second-order valence-corrected chi connectivity index (χ2v) is 9.07. The lowest BCUT2D eigenvalue weighted by Crippen LogP contribution is -2.50. The number of amides is 1. The van der Waals surface area contributed by atoms with Crippen LogP contribution >= 0.6 is 35.0 Å². The van der Waals surface area contributed by atoms with Crippen LogP contribution in [-0.2, 0) is 4.79 Å². The smallest absolute Gasteiger partial charge is 0.276 e. The van der Waals surface area contributed by atoms with Crippen LogP contribution in [0.2, 0.25) is 10.0 Å². The lowest BCUT2D eigenvalue weighted by atomic mass is 10.1. The molecule has 156 valence electrons. The zero-order chi connectivity index (χ0) is 21.1. The van der Waals surface area contributed by atoms with E-state index in [2.05, 4.69) is 12.2 Å². The van der Waals surface area contributed by atoms with Gasteiger partial charge in [0.25, 0.3) is 5.91 Å². The SMILES string of the molecule is CCCCCCSC1=NN2C(=c3ccccc3=N[C@H]2c2ccc(Cl)cc2Cl)C(=O)N1. The Morgan fingerprint density at radius 2 is 1.97 bits per heavy atom. The van der Waals surface area contributed by atoms with Gasteiger partial charge >= 0.3 is 0 Å². The highest BCUT2D eigenvalue weighted by molar-refractivity contribution is 8.13. The molecule has 2 heterocycles. The first kappa shape index (κ1) is 21.2. The van der Waals surface area contributed by atoms with Crippen LogP contribution in [0.15, 0.2) is 52.6 Å². The van der Waals surface area contributed by atoms with Gasteiger partial charge in [-0.05, 0) is 24.6 Å². The Balaban J connectivity index is 1.74. The Hall–Kier alpha value is -2.02. The van der Waals surface area contributed by atoms with Gasteiger partial charge in [-0.25, -0.2) is 5.01 Å². The van der Waals surface area contributed by atoms with Crippen molar-refractivity contribution in [2.75, 3.05) is 5.75 Å². The van der Waals surface area contributed by atoms with Crippen molar-refractivity contribution >= 4 is 51.7 Å². The quantitative estimate of drug-likeness (QED) is 0.647. The summed E-state index contributed by atoms with van der Waals surface area (Å²) in [5.41, 5.74) is 1.23. The molecule has 0 saturated carbocycles. The molecule has 2 aromatic rings. The average Bonchev–Trinajstić information content (AvgIpc) is 2.73. The molecule has 5 nitrogen and oxygen atoms in total. The molecule has 0 spiro atoms. The van der Waals surface area contributed by atoms with Crippen LogP contribution in [0, 0.1) is 0 Å². The molecule has 2 aliphatic rings. The summed E-state index contributed by atoms with van der Waals surface area (Å²) in [5, 5.41) is 12.5. The highest BCUT2D eigenvalue weighted by atomic mass is 35.5. The monoisotopic (exact) mass is 460 g/mol. The van der Waals surface area contributed by atoms with Gasteiger partial charge in [0.05, 0.1) is 5.36 Å². The van der Waals surface area contributed by atoms with Gasteiger partial charge in [-0.1, -0.05) is 85.4 Å². The Bertz CT molecular complexity index is 1120. The number of hydrogen-bond acceptors (Lipinski definition) is 5. The third-order valence-corrected chi connectivity index (χ3v) is 6.51. The first-order valence-electron chi connectivity index (χ1n) is 10.0. The first-order chi connectivity index (χ1) is 14.6. The number of nitrogens with zero attached hydrogens (tertiary/aromatic N) is 3. The van der Waals surface area contributed by atoms with E-state index in [-0.39, 0.29) is 5.91 Å². The molecule has 2 aromatic carbocycles. The highest BCUT2D eigenvalue weighted by Gasteiger charge is 2.35. The molecule has 4 rings (SSSR count). The van der Waals surface area contributed by atoms with Crippen molar-refractivity contribution in [3.05, 3.63) is 68.6 Å². The summed E-state index contributed by atoms with van der Waals surface area (Å²) < 4.78 is 0. The topological polar surface area (TPSA) is 57.1 Å². The molecule has 2 aliphatic heterocycles. The van der Waals surface area contributed by atoms with E-state index in [1.165, 1.54) is 19.3 Å². The van der Waals surface area contributed by atoms with Gasteiger partial charge in [-0.2, -0.15) is 0 Å². The predicted molar refractivity (Wildman–Crippen MR) is 124 cm³/mol. The molecule has 0 bridgehead atoms. The second kappa shape index (κ2) is 9.41. The van der Waals surface area contributed by atoms with Gasteiger partial charge in [0, 0.05) is 26.6 Å². The van der Waals surface area contributed by atoms with E-state index < -0.39 is 6.17 Å². The molecule has 0 unspecified atom stereocenters. The van der Waals surface area contributed by atoms with E-state index in [0.29, 0.717) is 20.9 Å². The fourth-order valence-electron chi connectivity index (χ4n) is 3.50. The van der Waals surface area contributed by atoms with Gasteiger partial charge in [0.15, 0.2) is 11.3 Å². The number of halogens is 2. The first-order valence-corrected chi connectivity index (χ1v) is 11.8. The number of nitrogens with one attached hydrogen (secondary N) is 1. The van der Waals surface area contributed by atoms with E-state index in [1.54, 1.807) is 28.9 Å². The number of amidine groups is 1.